The first-order valence-corrected chi connectivity index (χ1v) is 7.46. The molecule has 2 N–H and O–H groups in total. The SMILES string of the molecule is NC(CCCC1CCCO1)C1CCSC1. The Morgan fingerprint density at radius 2 is 2.33 bits per heavy atom. The molecule has 2 fully saturated rings. The van der Waals surface area contributed by atoms with Crippen molar-refractivity contribution in [3.05, 3.63) is 0 Å². The normalized spacial score (nSPS) is 33.4. The van der Waals surface area contributed by atoms with Crippen LogP contribution in [0.25, 0.3) is 0 Å². The fraction of sp³-hybridized carbons (Fsp3) is 1.00. The largest absolute Gasteiger partial charge is 0.378 e. The molecule has 2 saturated heterocycles. The maximum atomic E-state index is 6.21. The van der Waals surface area contributed by atoms with Gasteiger partial charge in [0, 0.05) is 12.6 Å². The molecular weight excluding hydrogens is 206 g/mol. The van der Waals surface area contributed by atoms with Gasteiger partial charge in [-0.2, -0.15) is 11.8 Å². The molecule has 0 spiro atoms. The fourth-order valence-electron chi connectivity index (χ4n) is 2.58. The van der Waals surface area contributed by atoms with Crippen LogP contribution < -0.4 is 5.73 Å². The van der Waals surface area contributed by atoms with Crippen molar-refractivity contribution in [2.45, 2.75) is 50.7 Å². The fourth-order valence-corrected chi connectivity index (χ4v) is 3.93. The maximum Gasteiger partial charge on any atom is 0.0576 e. The van der Waals surface area contributed by atoms with Crippen LogP contribution in [-0.2, 0) is 4.74 Å². The van der Waals surface area contributed by atoms with E-state index in [9.17, 15) is 0 Å². The third kappa shape index (κ3) is 3.65. The quantitative estimate of drug-likeness (QED) is 0.786. The second-order valence-corrected chi connectivity index (χ2v) is 6.00. The molecule has 88 valence electrons. The van der Waals surface area contributed by atoms with Crippen LogP contribution >= 0.6 is 11.8 Å². The van der Waals surface area contributed by atoms with E-state index in [1.165, 1.54) is 50.0 Å². The molecular formula is C12H23NOS. The zero-order valence-corrected chi connectivity index (χ0v) is 10.3. The summed E-state index contributed by atoms with van der Waals surface area (Å²) in [7, 11) is 0. The van der Waals surface area contributed by atoms with Gasteiger partial charge in [-0.05, 0) is 55.9 Å². The molecule has 0 radical (unpaired) electrons. The molecule has 3 unspecified atom stereocenters. The van der Waals surface area contributed by atoms with E-state index in [0.29, 0.717) is 12.1 Å². The van der Waals surface area contributed by atoms with Crippen LogP contribution in [0.2, 0.25) is 0 Å². The van der Waals surface area contributed by atoms with Crippen molar-refractivity contribution in [1.29, 1.82) is 0 Å². The van der Waals surface area contributed by atoms with Crippen molar-refractivity contribution < 1.29 is 4.74 Å². The van der Waals surface area contributed by atoms with E-state index in [4.69, 9.17) is 10.5 Å². The summed E-state index contributed by atoms with van der Waals surface area (Å²) >= 11 is 2.06. The molecule has 3 heteroatoms. The smallest absolute Gasteiger partial charge is 0.0576 e. The lowest BCUT2D eigenvalue weighted by atomic mass is 9.94. The highest BCUT2D eigenvalue weighted by molar-refractivity contribution is 7.99. The zero-order valence-electron chi connectivity index (χ0n) is 9.49. The zero-order chi connectivity index (χ0) is 10.5. The molecule has 0 bridgehead atoms. The van der Waals surface area contributed by atoms with Gasteiger partial charge in [0.25, 0.3) is 0 Å². The Balaban J connectivity index is 1.56. The number of thioether (sulfide) groups is 1. The van der Waals surface area contributed by atoms with Crippen molar-refractivity contribution in [2.24, 2.45) is 11.7 Å². The summed E-state index contributed by atoms with van der Waals surface area (Å²) in [5.74, 6) is 3.41. The second-order valence-electron chi connectivity index (χ2n) is 4.85. The lowest BCUT2D eigenvalue weighted by molar-refractivity contribution is 0.101. The highest BCUT2D eigenvalue weighted by atomic mass is 32.2. The number of hydrogen-bond acceptors (Lipinski definition) is 3. The van der Waals surface area contributed by atoms with E-state index in [1.807, 2.05) is 0 Å². The molecule has 2 rings (SSSR count). The molecule has 2 aliphatic rings. The summed E-state index contributed by atoms with van der Waals surface area (Å²) in [5.41, 5.74) is 6.21. The van der Waals surface area contributed by atoms with Gasteiger partial charge in [-0.25, -0.2) is 0 Å². The Hall–Kier alpha value is 0.270. The average Bonchev–Trinajstić information content (AvgIpc) is 2.90. The van der Waals surface area contributed by atoms with Crippen molar-refractivity contribution in [3.63, 3.8) is 0 Å². The first-order valence-electron chi connectivity index (χ1n) is 6.31. The summed E-state index contributed by atoms with van der Waals surface area (Å²) in [5, 5.41) is 0. The number of rotatable bonds is 5. The Kier molecular flexibility index (Phi) is 4.79. The van der Waals surface area contributed by atoms with Crippen molar-refractivity contribution >= 4 is 11.8 Å². The van der Waals surface area contributed by atoms with Crippen LogP contribution in [0.5, 0.6) is 0 Å². The van der Waals surface area contributed by atoms with Gasteiger partial charge < -0.3 is 10.5 Å². The number of ether oxygens (including phenoxy) is 1. The van der Waals surface area contributed by atoms with Crippen LogP contribution in [0.4, 0.5) is 0 Å². The van der Waals surface area contributed by atoms with Gasteiger partial charge in [0.2, 0.25) is 0 Å². The van der Waals surface area contributed by atoms with Crippen molar-refractivity contribution in [3.8, 4) is 0 Å². The number of nitrogens with two attached hydrogens (primary N) is 1. The standard InChI is InChI=1S/C12H23NOS/c13-12(10-6-8-15-9-10)5-1-3-11-4-2-7-14-11/h10-12H,1-9,13H2. The van der Waals surface area contributed by atoms with Crippen LogP contribution in [0.1, 0.15) is 38.5 Å². The van der Waals surface area contributed by atoms with Crippen LogP contribution in [0, 0.1) is 5.92 Å². The summed E-state index contributed by atoms with van der Waals surface area (Å²) in [6, 6.07) is 0.446. The Morgan fingerprint density at radius 1 is 1.40 bits per heavy atom. The van der Waals surface area contributed by atoms with Crippen LogP contribution in [0.15, 0.2) is 0 Å². The molecule has 3 atom stereocenters. The molecule has 0 aromatic heterocycles. The van der Waals surface area contributed by atoms with Gasteiger partial charge in [-0.3, -0.25) is 0 Å². The van der Waals surface area contributed by atoms with Crippen LogP contribution in [-0.4, -0.2) is 30.3 Å². The summed E-state index contributed by atoms with van der Waals surface area (Å²) in [6.07, 6.45) is 8.11. The third-order valence-electron chi connectivity index (χ3n) is 3.66. The topological polar surface area (TPSA) is 35.2 Å². The molecule has 0 aliphatic carbocycles. The van der Waals surface area contributed by atoms with Gasteiger partial charge in [0.1, 0.15) is 0 Å². The van der Waals surface area contributed by atoms with E-state index in [2.05, 4.69) is 11.8 Å². The first kappa shape index (κ1) is 11.7. The minimum atomic E-state index is 0.446. The van der Waals surface area contributed by atoms with Gasteiger partial charge in [0.15, 0.2) is 0 Å². The van der Waals surface area contributed by atoms with Crippen molar-refractivity contribution in [1.82, 2.24) is 0 Å². The lowest BCUT2D eigenvalue weighted by Crippen LogP contribution is -2.30. The predicted molar refractivity (Wildman–Crippen MR) is 66.2 cm³/mol. The Bertz CT molecular complexity index is 176. The molecule has 0 aromatic rings. The van der Waals surface area contributed by atoms with Crippen molar-refractivity contribution in [2.75, 3.05) is 18.1 Å². The third-order valence-corrected chi connectivity index (χ3v) is 4.85. The molecule has 2 nitrogen and oxygen atoms in total. The highest BCUT2D eigenvalue weighted by Crippen LogP contribution is 2.27. The molecule has 2 heterocycles. The number of hydrogen-bond donors (Lipinski definition) is 1. The average molecular weight is 229 g/mol. The molecule has 0 amide bonds. The molecule has 0 aromatic carbocycles. The van der Waals surface area contributed by atoms with E-state index in [0.717, 1.165) is 12.5 Å². The molecule has 0 saturated carbocycles. The minimum absolute atomic E-state index is 0.446. The van der Waals surface area contributed by atoms with Gasteiger partial charge >= 0.3 is 0 Å². The second kappa shape index (κ2) is 6.12. The van der Waals surface area contributed by atoms with Crippen LogP contribution in [0.3, 0.4) is 0 Å². The summed E-state index contributed by atoms with van der Waals surface area (Å²) in [6.45, 7) is 0.982. The molecule has 2 aliphatic heterocycles. The predicted octanol–water partition coefficient (Wildman–Crippen LogP) is 2.42. The van der Waals surface area contributed by atoms with E-state index >= 15 is 0 Å². The monoisotopic (exact) mass is 229 g/mol. The van der Waals surface area contributed by atoms with Gasteiger partial charge in [-0.1, -0.05) is 0 Å². The Labute approximate surface area is 97.3 Å². The first-order chi connectivity index (χ1) is 7.36. The minimum Gasteiger partial charge on any atom is -0.378 e. The Morgan fingerprint density at radius 3 is 3.00 bits per heavy atom. The maximum absolute atomic E-state index is 6.21. The lowest BCUT2D eigenvalue weighted by Gasteiger charge is -2.18. The van der Waals surface area contributed by atoms with E-state index < -0.39 is 0 Å². The summed E-state index contributed by atoms with van der Waals surface area (Å²) in [4.78, 5) is 0. The highest BCUT2D eigenvalue weighted by Gasteiger charge is 2.22. The van der Waals surface area contributed by atoms with E-state index in [-0.39, 0.29) is 0 Å². The summed E-state index contributed by atoms with van der Waals surface area (Å²) < 4.78 is 5.62. The van der Waals surface area contributed by atoms with Gasteiger partial charge in [-0.15, -0.1) is 0 Å². The molecule has 15 heavy (non-hydrogen) atoms. The van der Waals surface area contributed by atoms with E-state index in [1.54, 1.807) is 0 Å². The van der Waals surface area contributed by atoms with Gasteiger partial charge in [0.05, 0.1) is 6.10 Å².